The van der Waals surface area contributed by atoms with E-state index in [-0.39, 0.29) is 23.0 Å². The van der Waals surface area contributed by atoms with Gasteiger partial charge in [0, 0.05) is 5.56 Å². The van der Waals surface area contributed by atoms with Crippen LogP contribution in [0.1, 0.15) is 31.1 Å². The van der Waals surface area contributed by atoms with Crippen molar-refractivity contribution in [2.75, 3.05) is 0 Å². The Bertz CT molecular complexity index is 446. The van der Waals surface area contributed by atoms with Gasteiger partial charge in [-0.05, 0) is 39.0 Å². The molecule has 0 aliphatic carbocycles. The van der Waals surface area contributed by atoms with Crippen molar-refractivity contribution in [3.05, 3.63) is 29.8 Å². The average molecular weight is 266 g/mol. The van der Waals surface area contributed by atoms with Gasteiger partial charge >= 0.3 is 0 Å². The maximum absolute atomic E-state index is 11.9. The van der Waals surface area contributed by atoms with E-state index in [9.17, 15) is 4.79 Å². The molecule has 0 aromatic heterocycles. The number of ether oxygens (including phenoxy) is 1. The van der Waals surface area contributed by atoms with Crippen molar-refractivity contribution < 1.29 is 9.53 Å². The Kier molecular flexibility index (Phi) is 5.09. The summed E-state index contributed by atoms with van der Waals surface area (Å²) in [6.07, 6.45) is 0.0684. The molecule has 0 spiro atoms. The van der Waals surface area contributed by atoms with Gasteiger partial charge in [0.2, 0.25) is 0 Å². The second-order valence-electron chi connectivity index (χ2n) is 4.29. The number of amides is 1. The Morgan fingerprint density at radius 2 is 2.06 bits per heavy atom. The lowest BCUT2D eigenvalue weighted by molar-refractivity contribution is 0.0948. The third kappa shape index (κ3) is 4.33. The highest BCUT2D eigenvalue weighted by molar-refractivity contribution is 7.80. The Labute approximate surface area is 113 Å². The van der Waals surface area contributed by atoms with Gasteiger partial charge in [-0.3, -0.25) is 4.79 Å². The number of thiocarbonyl (C=S) groups is 1. The summed E-state index contributed by atoms with van der Waals surface area (Å²) in [5.74, 6) is 0.449. The molecule has 1 rings (SSSR count). The third-order valence-electron chi connectivity index (χ3n) is 2.24. The second-order valence-corrected chi connectivity index (χ2v) is 4.76. The molecular formula is C13H18N2O2S. The lowest BCUT2D eigenvalue weighted by atomic mass is 10.2. The summed E-state index contributed by atoms with van der Waals surface area (Å²) < 4.78 is 5.53. The van der Waals surface area contributed by atoms with Gasteiger partial charge in [-0.15, -0.1) is 0 Å². The molecule has 0 saturated carbocycles. The van der Waals surface area contributed by atoms with Crippen LogP contribution in [0.5, 0.6) is 5.75 Å². The zero-order valence-electron chi connectivity index (χ0n) is 10.8. The van der Waals surface area contributed by atoms with Crippen molar-refractivity contribution in [2.45, 2.75) is 32.9 Å². The summed E-state index contributed by atoms with van der Waals surface area (Å²) in [6.45, 7) is 5.61. The molecule has 0 bridgehead atoms. The van der Waals surface area contributed by atoms with Crippen molar-refractivity contribution in [3.8, 4) is 5.75 Å². The molecule has 0 aliphatic rings. The molecular weight excluding hydrogens is 248 g/mol. The molecule has 0 fully saturated rings. The minimum atomic E-state index is -0.331. The van der Waals surface area contributed by atoms with Crippen LogP contribution in [0.3, 0.4) is 0 Å². The molecule has 1 unspecified atom stereocenters. The first-order valence-electron chi connectivity index (χ1n) is 5.77. The van der Waals surface area contributed by atoms with Crippen molar-refractivity contribution >= 4 is 23.1 Å². The van der Waals surface area contributed by atoms with Gasteiger partial charge in [0.1, 0.15) is 5.75 Å². The summed E-state index contributed by atoms with van der Waals surface area (Å²) >= 11 is 4.81. The Morgan fingerprint density at radius 1 is 1.39 bits per heavy atom. The molecule has 0 aliphatic heterocycles. The predicted octanol–water partition coefficient (Wildman–Crippen LogP) is 1.88. The normalized spacial score (nSPS) is 12.0. The maximum Gasteiger partial charge on any atom is 0.251 e. The Balaban J connectivity index is 2.77. The van der Waals surface area contributed by atoms with Crippen molar-refractivity contribution in [2.24, 2.45) is 5.73 Å². The fourth-order valence-corrected chi connectivity index (χ4v) is 1.39. The van der Waals surface area contributed by atoms with Crippen molar-refractivity contribution in [3.63, 3.8) is 0 Å². The molecule has 98 valence electrons. The molecule has 0 radical (unpaired) electrons. The van der Waals surface area contributed by atoms with E-state index in [1.54, 1.807) is 25.1 Å². The topological polar surface area (TPSA) is 64.3 Å². The van der Waals surface area contributed by atoms with Crippen LogP contribution in [0, 0.1) is 0 Å². The summed E-state index contributed by atoms with van der Waals surface area (Å²) in [5, 5.41) is 2.72. The van der Waals surface area contributed by atoms with Crippen LogP contribution in [0.15, 0.2) is 24.3 Å². The number of carbonyl (C=O) groups excluding carboxylic acids is 1. The van der Waals surface area contributed by atoms with Crippen LogP contribution >= 0.6 is 12.2 Å². The van der Waals surface area contributed by atoms with Crippen molar-refractivity contribution in [1.29, 1.82) is 0 Å². The van der Waals surface area contributed by atoms with Gasteiger partial charge in [-0.2, -0.15) is 0 Å². The van der Waals surface area contributed by atoms with Crippen LogP contribution in [0.2, 0.25) is 0 Å². The van der Waals surface area contributed by atoms with E-state index in [1.807, 2.05) is 19.9 Å². The number of nitrogens with two attached hydrogens (primary N) is 1. The highest BCUT2D eigenvalue weighted by Crippen LogP contribution is 2.14. The molecule has 1 aromatic carbocycles. The first kappa shape index (κ1) is 14.4. The maximum atomic E-state index is 11.9. The highest BCUT2D eigenvalue weighted by Gasteiger charge is 2.12. The minimum absolute atomic E-state index is 0.0684. The largest absolute Gasteiger partial charge is 0.491 e. The van der Waals surface area contributed by atoms with E-state index in [0.717, 1.165) is 0 Å². The molecule has 5 heteroatoms. The molecule has 1 amide bonds. The second kappa shape index (κ2) is 6.35. The van der Waals surface area contributed by atoms with Gasteiger partial charge < -0.3 is 15.8 Å². The standard InChI is InChI=1S/C13H18N2O2S/c1-8(2)17-11-6-4-5-10(7-11)13(16)15-9(3)12(14)18/h4-9H,1-3H3,(H2,14,18)(H,15,16). The summed E-state index contributed by atoms with van der Waals surface area (Å²) in [4.78, 5) is 12.2. The first-order valence-corrected chi connectivity index (χ1v) is 6.18. The molecule has 18 heavy (non-hydrogen) atoms. The van der Waals surface area contributed by atoms with Crippen molar-refractivity contribution in [1.82, 2.24) is 5.32 Å². The fraction of sp³-hybridized carbons (Fsp3) is 0.385. The Morgan fingerprint density at radius 3 is 2.61 bits per heavy atom. The van der Waals surface area contributed by atoms with Crippen LogP contribution in [-0.4, -0.2) is 23.0 Å². The van der Waals surface area contributed by atoms with E-state index in [0.29, 0.717) is 11.3 Å². The molecule has 1 atom stereocenters. The number of rotatable bonds is 5. The van der Waals surface area contributed by atoms with Gasteiger partial charge in [-0.25, -0.2) is 0 Å². The van der Waals surface area contributed by atoms with Gasteiger partial charge in [0.15, 0.2) is 0 Å². The van der Waals surface area contributed by atoms with E-state index >= 15 is 0 Å². The summed E-state index contributed by atoms with van der Waals surface area (Å²) in [5.41, 5.74) is 5.97. The molecule has 4 nitrogen and oxygen atoms in total. The number of benzene rings is 1. The smallest absolute Gasteiger partial charge is 0.251 e. The van der Waals surface area contributed by atoms with E-state index in [1.165, 1.54) is 0 Å². The highest BCUT2D eigenvalue weighted by atomic mass is 32.1. The first-order chi connectivity index (χ1) is 8.40. The molecule has 0 saturated heterocycles. The lowest BCUT2D eigenvalue weighted by Gasteiger charge is -2.13. The zero-order chi connectivity index (χ0) is 13.7. The van der Waals surface area contributed by atoms with E-state index in [4.69, 9.17) is 22.7 Å². The number of carbonyl (C=O) groups is 1. The van der Waals surface area contributed by atoms with Crippen LogP contribution < -0.4 is 15.8 Å². The van der Waals surface area contributed by atoms with E-state index in [2.05, 4.69) is 5.32 Å². The number of nitrogens with one attached hydrogen (secondary N) is 1. The monoisotopic (exact) mass is 266 g/mol. The molecule has 3 N–H and O–H groups in total. The minimum Gasteiger partial charge on any atom is -0.491 e. The lowest BCUT2D eigenvalue weighted by Crippen LogP contribution is -2.41. The summed E-state index contributed by atoms with van der Waals surface area (Å²) in [7, 11) is 0. The molecule has 0 heterocycles. The number of hydrogen-bond donors (Lipinski definition) is 2. The third-order valence-corrected chi connectivity index (χ3v) is 2.60. The quantitative estimate of drug-likeness (QED) is 0.799. The van der Waals surface area contributed by atoms with Gasteiger partial charge in [0.25, 0.3) is 5.91 Å². The van der Waals surface area contributed by atoms with Gasteiger partial charge in [0.05, 0.1) is 17.1 Å². The number of hydrogen-bond acceptors (Lipinski definition) is 3. The summed E-state index contributed by atoms with van der Waals surface area (Å²) in [6, 6.07) is 6.67. The SMILES string of the molecule is CC(C)Oc1cccc(C(=O)NC(C)C(N)=S)c1. The van der Waals surface area contributed by atoms with Gasteiger partial charge in [-0.1, -0.05) is 18.3 Å². The van der Waals surface area contributed by atoms with Crippen LogP contribution in [0.25, 0.3) is 0 Å². The van der Waals surface area contributed by atoms with E-state index < -0.39 is 0 Å². The fourth-order valence-electron chi connectivity index (χ4n) is 1.33. The predicted molar refractivity (Wildman–Crippen MR) is 75.9 cm³/mol. The Hall–Kier alpha value is -1.62. The van der Waals surface area contributed by atoms with Crippen LogP contribution in [-0.2, 0) is 0 Å². The molecule has 1 aromatic rings. The zero-order valence-corrected chi connectivity index (χ0v) is 11.6. The average Bonchev–Trinajstić information content (AvgIpc) is 2.28. The van der Waals surface area contributed by atoms with Crippen LogP contribution in [0.4, 0.5) is 0 Å².